The van der Waals surface area contributed by atoms with E-state index in [2.05, 4.69) is 19.2 Å². The Bertz CT molecular complexity index is 356. The van der Waals surface area contributed by atoms with Crippen LogP contribution in [0.2, 0.25) is 0 Å². The van der Waals surface area contributed by atoms with E-state index in [0.29, 0.717) is 31.3 Å². The molecule has 1 saturated heterocycles. The van der Waals surface area contributed by atoms with Gasteiger partial charge in [-0.25, -0.2) is 0 Å². The second-order valence-electron chi connectivity index (χ2n) is 6.27. The maximum absolute atomic E-state index is 12.6. The Morgan fingerprint density at radius 2 is 2.00 bits per heavy atom. The van der Waals surface area contributed by atoms with Crippen LogP contribution in [0.1, 0.15) is 52.9 Å². The molecule has 19 heavy (non-hydrogen) atoms. The average molecular weight is 266 g/mol. The Morgan fingerprint density at radius 3 is 2.63 bits per heavy atom. The van der Waals surface area contributed by atoms with E-state index in [1.807, 2.05) is 11.8 Å². The van der Waals surface area contributed by atoms with Crippen LogP contribution >= 0.6 is 0 Å². The number of carbonyl (C=O) groups is 2. The zero-order valence-electron chi connectivity index (χ0n) is 12.3. The second-order valence-corrected chi connectivity index (χ2v) is 6.27. The number of nitrogens with zero attached hydrogens (tertiary/aromatic N) is 1. The van der Waals surface area contributed by atoms with Crippen molar-refractivity contribution in [3.8, 4) is 0 Å². The van der Waals surface area contributed by atoms with Crippen LogP contribution in [0, 0.1) is 11.8 Å². The topological polar surface area (TPSA) is 49.4 Å². The smallest absolute Gasteiger partial charge is 0.245 e. The van der Waals surface area contributed by atoms with E-state index in [0.717, 1.165) is 12.3 Å². The summed E-state index contributed by atoms with van der Waals surface area (Å²) in [5.41, 5.74) is 0. The summed E-state index contributed by atoms with van der Waals surface area (Å²) in [6.45, 7) is 7.08. The first-order valence-electron chi connectivity index (χ1n) is 7.62. The maximum atomic E-state index is 12.6. The summed E-state index contributed by atoms with van der Waals surface area (Å²) in [5, 5.41) is 2.84. The van der Waals surface area contributed by atoms with E-state index < -0.39 is 0 Å². The summed E-state index contributed by atoms with van der Waals surface area (Å²) in [7, 11) is 0. The van der Waals surface area contributed by atoms with E-state index in [1.165, 1.54) is 12.8 Å². The molecular formula is C15H26N2O2. The lowest BCUT2D eigenvalue weighted by Crippen LogP contribution is -2.51. The third-order valence-corrected chi connectivity index (χ3v) is 4.69. The highest BCUT2D eigenvalue weighted by atomic mass is 16.2. The van der Waals surface area contributed by atoms with Gasteiger partial charge in [-0.15, -0.1) is 0 Å². The third-order valence-electron chi connectivity index (χ3n) is 4.69. The predicted molar refractivity (Wildman–Crippen MR) is 74.5 cm³/mol. The molecule has 4 atom stereocenters. The molecule has 2 rings (SSSR count). The zero-order chi connectivity index (χ0) is 14.0. The minimum atomic E-state index is -0.318. The number of rotatable bonds is 2. The van der Waals surface area contributed by atoms with Gasteiger partial charge in [0.1, 0.15) is 6.04 Å². The van der Waals surface area contributed by atoms with Gasteiger partial charge in [-0.2, -0.15) is 0 Å². The van der Waals surface area contributed by atoms with Crippen LogP contribution in [0.25, 0.3) is 0 Å². The molecule has 1 aliphatic carbocycles. The molecule has 1 saturated carbocycles. The zero-order valence-corrected chi connectivity index (χ0v) is 12.3. The second kappa shape index (κ2) is 5.93. The number of hydrogen-bond acceptors (Lipinski definition) is 2. The van der Waals surface area contributed by atoms with Gasteiger partial charge < -0.3 is 10.2 Å². The van der Waals surface area contributed by atoms with Crippen molar-refractivity contribution in [2.75, 3.05) is 6.54 Å². The van der Waals surface area contributed by atoms with Gasteiger partial charge in [-0.05, 0) is 37.5 Å². The molecule has 2 fully saturated rings. The standard InChI is InChI=1S/C15H26N2O2/c1-4-12-15(19)17(8-7-14(18)16-12)13-6-5-10(2)9-11(13)3/h10-13H,4-9H2,1-3H3,(H,16,18). The number of nitrogens with one attached hydrogen (secondary N) is 1. The minimum Gasteiger partial charge on any atom is -0.344 e. The molecule has 0 aromatic carbocycles. The lowest BCUT2D eigenvalue weighted by molar-refractivity contribution is -0.137. The van der Waals surface area contributed by atoms with Crippen LogP contribution in [-0.4, -0.2) is 35.3 Å². The molecule has 1 N–H and O–H groups in total. The third kappa shape index (κ3) is 3.10. The summed E-state index contributed by atoms with van der Waals surface area (Å²) in [6.07, 6.45) is 4.59. The van der Waals surface area contributed by atoms with Crippen LogP contribution in [0.3, 0.4) is 0 Å². The first-order chi connectivity index (χ1) is 9.02. The molecule has 2 aliphatic rings. The highest BCUT2D eigenvalue weighted by molar-refractivity contribution is 5.90. The van der Waals surface area contributed by atoms with Crippen molar-refractivity contribution in [1.82, 2.24) is 10.2 Å². The largest absolute Gasteiger partial charge is 0.344 e. The Kier molecular flexibility index (Phi) is 4.48. The molecular weight excluding hydrogens is 240 g/mol. The fourth-order valence-corrected chi connectivity index (χ4v) is 3.58. The SMILES string of the molecule is CCC1NC(=O)CCN(C2CCC(C)CC2C)C1=O. The van der Waals surface area contributed by atoms with Crippen LogP contribution in [0.5, 0.6) is 0 Å². The molecule has 1 aliphatic heterocycles. The van der Waals surface area contributed by atoms with Gasteiger partial charge in [0.25, 0.3) is 0 Å². The summed E-state index contributed by atoms with van der Waals surface area (Å²) >= 11 is 0. The fourth-order valence-electron chi connectivity index (χ4n) is 3.58. The van der Waals surface area contributed by atoms with Crippen molar-refractivity contribution < 1.29 is 9.59 Å². The Balaban J connectivity index is 2.13. The van der Waals surface area contributed by atoms with Gasteiger partial charge in [0.2, 0.25) is 11.8 Å². The summed E-state index contributed by atoms with van der Waals surface area (Å²) in [4.78, 5) is 26.2. The van der Waals surface area contributed by atoms with Gasteiger partial charge in [0.05, 0.1) is 0 Å². The Morgan fingerprint density at radius 1 is 1.26 bits per heavy atom. The van der Waals surface area contributed by atoms with Crippen molar-refractivity contribution >= 4 is 11.8 Å². The summed E-state index contributed by atoms with van der Waals surface area (Å²) < 4.78 is 0. The first-order valence-corrected chi connectivity index (χ1v) is 7.62. The van der Waals surface area contributed by atoms with Gasteiger partial charge in [-0.3, -0.25) is 9.59 Å². The molecule has 0 aromatic heterocycles. The van der Waals surface area contributed by atoms with Crippen molar-refractivity contribution in [3.05, 3.63) is 0 Å². The molecule has 108 valence electrons. The molecule has 0 aromatic rings. The predicted octanol–water partition coefficient (Wildman–Crippen LogP) is 1.94. The highest BCUT2D eigenvalue weighted by Gasteiger charge is 2.37. The van der Waals surface area contributed by atoms with E-state index in [1.54, 1.807) is 0 Å². The molecule has 4 nitrogen and oxygen atoms in total. The Labute approximate surface area is 115 Å². The van der Waals surface area contributed by atoms with Crippen LogP contribution in [0.4, 0.5) is 0 Å². The maximum Gasteiger partial charge on any atom is 0.245 e. The molecule has 0 bridgehead atoms. The molecule has 0 spiro atoms. The average Bonchev–Trinajstić information content (AvgIpc) is 2.50. The molecule has 4 unspecified atom stereocenters. The van der Waals surface area contributed by atoms with Gasteiger partial charge >= 0.3 is 0 Å². The lowest BCUT2D eigenvalue weighted by Gasteiger charge is -2.40. The van der Waals surface area contributed by atoms with E-state index >= 15 is 0 Å². The fraction of sp³-hybridized carbons (Fsp3) is 0.867. The molecule has 4 heteroatoms. The number of amides is 2. The highest BCUT2D eigenvalue weighted by Crippen LogP contribution is 2.32. The van der Waals surface area contributed by atoms with Crippen molar-refractivity contribution in [2.24, 2.45) is 11.8 Å². The van der Waals surface area contributed by atoms with Crippen LogP contribution in [0.15, 0.2) is 0 Å². The van der Waals surface area contributed by atoms with Crippen molar-refractivity contribution in [3.63, 3.8) is 0 Å². The normalized spacial score (nSPS) is 36.9. The quantitative estimate of drug-likeness (QED) is 0.830. The number of carbonyl (C=O) groups excluding carboxylic acids is 2. The lowest BCUT2D eigenvalue weighted by atomic mass is 9.79. The monoisotopic (exact) mass is 266 g/mol. The van der Waals surface area contributed by atoms with Crippen molar-refractivity contribution in [2.45, 2.75) is 65.0 Å². The van der Waals surface area contributed by atoms with Gasteiger partial charge in [-0.1, -0.05) is 20.8 Å². The number of hydrogen-bond donors (Lipinski definition) is 1. The molecule has 2 amide bonds. The minimum absolute atomic E-state index is 0.0135. The summed E-state index contributed by atoms with van der Waals surface area (Å²) in [5.74, 6) is 1.44. The van der Waals surface area contributed by atoms with Crippen LogP contribution in [-0.2, 0) is 9.59 Å². The van der Waals surface area contributed by atoms with Crippen molar-refractivity contribution in [1.29, 1.82) is 0 Å². The summed E-state index contributed by atoms with van der Waals surface area (Å²) in [6, 6.07) is 0.00648. The van der Waals surface area contributed by atoms with E-state index in [9.17, 15) is 9.59 Å². The van der Waals surface area contributed by atoms with Crippen LogP contribution < -0.4 is 5.32 Å². The molecule has 1 heterocycles. The first kappa shape index (κ1) is 14.4. The van der Waals surface area contributed by atoms with Gasteiger partial charge in [0, 0.05) is 19.0 Å². The van der Waals surface area contributed by atoms with E-state index in [4.69, 9.17) is 0 Å². The van der Waals surface area contributed by atoms with E-state index in [-0.39, 0.29) is 17.9 Å². The Hall–Kier alpha value is -1.06. The van der Waals surface area contributed by atoms with Gasteiger partial charge in [0.15, 0.2) is 0 Å². The molecule has 0 radical (unpaired) electrons.